The van der Waals surface area contributed by atoms with Crippen molar-refractivity contribution in [2.75, 3.05) is 39.4 Å². The van der Waals surface area contributed by atoms with Crippen LogP contribution in [-0.4, -0.2) is 60.5 Å². The molecule has 2 unspecified atom stereocenters. The zero-order chi connectivity index (χ0) is 15.3. The standard InChI is InChI=1S/C17H34N2O2/c1-4-9-18-17(14-20)8-5-6-15(17)7-10-19-11-12-21-16(2,3)13-19/h15,18,20H,4-14H2,1-3H3. The fraction of sp³-hybridized carbons (Fsp3) is 1.00. The first-order valence-corrected chi connectivity index (χ1v) is 8.73. The number of nitrogens with zero attached hydrogens (tertiary/aromatic N) is 1. The first-order chi connectivity index (χ1) is 10.0. The number of aliphatic hydroxyl groups excluding tert-OH is 1. The van der Waals surface area contributed by atoms with Crippen molar-refractivity contribution in [2.45, 2.75) is 64.0 Å². The predicted octanol–water partition coefficient (Wildman–Crippen LogP) is 2.02. The quantitative estimate of drug-likeness (QED) is 0.755. The summed E-state index contributed by atoms with van der Waals surface area (Å²) in [5.74, 6) is 0.611. The van der Waals surface area contributed by atoms with E-state index in [0.29, 0.717) is 5.92 Å². The number of aliphatic hydroxyl groups is 1. The molecule has 1 aliphatic carbocycles. The van der Waals surface area contributed by atoms with Crippen molar-refractivity contribution in [3.63, 3.8) is 0 Å². The van der Waals surface area contributed by atoms with Gasteiger partial charge in [0.05, 0.1) is 18.8 Å². The molecule has 1 aliphatic heterocycles. The van der Waals surface area contributed by atoms with Gasteiger partial charge in [-0.3, -0.25) is 4.90 Å². The van der Waals surface area contributed by atoms with Crippen LogP contribution in [0.15, 0.2) is 0 Å². The van der Waals surface area contributed by atoms with Gasteiger partial charge < -0.3 is 15.2 Å². The molecular formula is C17H34N2O2. The van der Waals surface area contributed by atoms with Crippen molar-refractivity contribution < 1.29 is 9.84 Å². The summed E-state index contributed by atoms with van der Waals surface area (Å²) in [6.45, 7) is 11.9. The van der Waals surface area contributed by atoms with Crippen LogP contribution in [0.5, 0.6) is 0 Å². The highest BCUT2D eigenvalue weighted by molar-refractivity contribution is 4.99. The highest BCUT2D eigenvalue weighted by atomic mass is 16.5. The minimum Gasteiger partial charge on any atom is -0.394 e. The van der Waals surface area contributed by atoms with E-state index in [1.54, 1.807) is 0 Å². The van der Waals surface area contributed by atoms with Crippen LogP contribution in [0.25, 0.3) is 0 Å². The Morgan fingerprint density at radius 3 is 2.86 bits per heavy atom. The van der Waals surface area contributed by atoms with Gasteiger partial charge in [0.1, 0.15) is 0 Å². The van der Waals surface area contributed by atoms with Gasteiger partial charge in [0.2, 0.25) is 0 Å². The van der Waals surface area contributed by atoms with E-state index < -0.39 is 0 Å². The molecule has 1 saturated heterocycles. The van der Waals surface area contributed by atoms with Gasteiger partial charge in [-0.1, -0.05) is 13.3 Å². The van der Waals surface area contributed by atoms with E-state index in [0.717, 1.165) is 45.6 Å². The zero-order valence-electron chi connectivity index (χ0n) is 14.2. The first kappa shape index (κ1) is 17.2. The van der Waals surface area contributed by atoms with Crippen LogP contribution in [0, 0.1) is 5.92 Å². The van der Waals surface area contributed by atoms with Crippen LogP contribution in [0.3, 0.4) is 0 Å². The van der Waals surface area contributed by atoms with E-state index in [-0.39, 0.29) is 17.7 Å². The predicted molar refractivity (Wildman–Crippen MR) is 86.5 cm³/mol. The third kappa shape index (κ3) is 4.41. The highest BCUT2D eigenvalue weighted by Crippen LogP contribution is 2.38. The van der Waals surface area contributed by atoms with Crippen molar-refractivity contribution in [1.29, 1.82) is 0 Å². The first-order valence-electron chi connectivity index (χ1n) is 8.73. The van der Waals surface area contributed by atoms with E-state index in [1.807, 2.05) is 0 Å². The van der Waals surface area contributed by atoms with E-state index in [4.69, 9.17) is 4.74 Å². The number of ether oxygens (including phenoxy) is 1. The van der Waals surface area contributed by atoms with E-state index in [1.165, 1.54) is 19.3 Å². The lowest BCUT2D eigenvalue weighted by atomic mass is 9.85. The maximum atomic E-state index is 9.94. The summed E-state index contributed by atoms with van der Waals surface area (Å²) in [5.41, 5.74) is -0.0275. The third-order valence-corrected chi connectivity index (χ3v) is 5.26. The molecule has 0 spiro atoms. The van der Waals surface area contributed by atoms with E-state index in [2.05, 4.69) is 31.0 Å². The SMILES string of the molecule is CCCNC1(CO)CCCC1CCN1CCOC(C)(C)C1. The Balaban J connectivity index is 1.86. The Bertz CT molecular complexity index is 322. The molecule has 2 atom stereocenters. The lowest BCUT2D eigenvalue weighted by Gasteiger charge is -2.40. The summed E-state index contributed by atoms with van der Waals surface area (Å²) in [7, 11) is 0. The Labute approximate surface area is 130 Å². The molecule has 0 aromatic carbocycles. The summed E-state index contributed by atoms with van der Waals surface area (Å²) < 4.78 is 5.79. The minimum absolute atomic E-state index is 0.0115. The molecule has 2 aliphatic rings. The lowest BCUT2D eigenvalue weighted by molar-refractivity contribution is -0.0874. The van der Waals surface area contributed by atoms with Gasteiger partial charge in [-0.15, -0.1) is 0 Å². The molecule has 0 aromatic heterocycles. The van der Waals surface area contributed by atoms with E-state index >= 15 is 0 Å². The second kappa shape index (κ2) is 7.40. The molecule has 0 radical (unpaired) electrons. The van der Waals surface area contributed by atoms with Crippen LogP contribution >= 0.6 is 0 Å². The average molecular weight is 298 g/mol. The molecule has 4 heteroatoms. The van der Waals surface area contributed by atoms with Gasteiger partial charge in [-0.2, -0.15) is 0 Å². The second-order valence-electron chi connectivity index (χ2n) is 7.50. The number of morpholine rings is 1. The van der Waals surface area contributed by atoms with Crippen LogP contribution in [0.2, 0.25) is 0 Å². The molecule has 1 saturated carbocycles. The van der Waals surface area contributed by atoms with Gasteiger partial charge in [-0.05, 0) is 58.5 Å². The monoisotopic (exact) mass is 298 g/mol. The van der Waals surface area contributed by atoms with Crippen molar-refractivity contribution in [1.82, 2.24) is 10.2 Å². The maximum Gasteiger partial charge on any atom is 0.0753 e. The summed E-state index contributed by atoms with van der Waals surface area (Å²) in [6, 6.07) is 0. The molecule has 1 heterocycles. The molecule has 0 aromatic rings. The topological polar surface area (TPSA) is 44.7 Å². The number of rotatable bonds is 7. The maximum absolute atomic E-state index is 9.94. The number of nitrogens with one attached hydrogen (secondary N) is 1. The normalized spacial score (nSPS) is 33.4. The highest BCUT2D eigenvalue weighted by Gasteiger charge is 2.41. The molecule has 4 nitrogen and oxygen atoms in total. The average Bonchev–Trinajstić information content (AvgIpc) is 2.85. The Kier molecular flexibility index (Phi) is 6.06. The molecule has 21 heavy (non-hydrogen) atoms. The van der Waals surface area contributed by atoms with E-state index in [9.17, 15) is 5.11 Å². The van der Waals surface area contributed by atoms with Crippen molar-refractivity contribution in [2.24, 2.45) is 5.92 Å². The molecular weight excluding hydrogens is 264 g/mol. The van der Waals surface area contributed by atoms with Gasteiger partial charge in [-0.25, -0.2) is 0 Å². The van der Waals surface area contributed by atoms with Crippen LogP contribution in [0.4, 0.5) is 0 Å². The Hall–Kier alpha value is -0.160. The Morgan fingerprint density at radius 1 is 1.38 bits per heavy atom. The molecule has 2 N–H and O–H groups in total. The van der Waals surface area contributed by atoms with Crippen molar-refractivity contribution in [3.8, 4) is 0 Å². The van der Waals surface area contributed by atoms with Crippen molar-refractivity contribution in [3.05, 3.63) is 0 Å². The molecule has 0 amide bonds. The summed E-state index contributed by atoms with van der Waals surface area (Å²) in [4.78, 5) is 2.53. The summed E-state index contributed by atoms with van der Waals surface area (Å²) in [6.07, 6.45) is 5.95. The lowest BCUT2D eigenvalue weighted by Crippen LogP contribution is -2.53. The fourth-order valence-corrected chi connectivity index (χ4v) is 4.08. The molecule has 0 bridgehead atoms. The van der Waals surface area contributed by atoms with Gasteiger partial charge in [0.25, 0.3) is 0 Å². The smallest absolute Gasteiger partial charge is 0.0753 e. The second-order valence-corrected chi connectivity index (χ2v) is 7.50. The zero-order valence-corrected chi connectivity index (χ0v) is 14.2. The third-order valence-electron chi connectivity index (χ3n) is 5.26. The molecule has 124 valence electrons. The van der Waals surface area contributed by atoms with Crippen LogP contribution in [0.1, 0.15) is 52.9 Å². The Morgan fingerprint density at radius 2 is 2.19 bits per heavy atom. The number of hydrogen-bond acceptors (Lipinski definition) is 4. The van der Waals surface area contributed by atoms with Crippen LogP contribution in [-0.2, 0) is 4.74 Å². The van der Waals surface area contributed by atoms with Gasteiger partial charge >= 0.3 is 0 Å². The van der Waals surface area contributed by atoms with Crippen molar-refractivity contribution >= 4 is 0 Å². The largest absolute Gasteiger partial charge is 0.394 e. The fourth-order valence-electron chi connectivity index (χ4n) is 4.08. The summed E-state index contributed by atoms with van der Waals surface area (Å²) >= 11 is 0. The van der Waals surface area contributed by atoms with Gasteiger partial charge in [0.15, 0.2) is 0 Å². The van der Waals surface area contributed by atoms with Crippen LogP contribution < -0.4 is 5.32 Å². The molecule has 2 fully saturated rings. The minimum atomic E-state index is -0.0161. The summed E-state index contributed by atoms with van der Waals surface area (Å²) in [5, 5.41) is 13.6. The van der Waals surface area contributed by atoms with Gasteiger partial charge in [0, 0.05) is 18.6 Å². The molecule has 2 rings (SSSR count). The number of hydrogen-bond donors (Lipinski definition) is 2.